The first-order valence-corrected chi connectivity index (χ1v) is 8.96. The molecule has 26 heavy (non-hydrogen) atoms. The minimum atomic E-state index is 0. The Labute approximate surface area is 162 Å². The van der Waals surface area contributed by atoms with Crippen LogP contribution in [0, 0.1) is 6.92 Å². The first-order valence-electron chi connectivity index (χ1n) is 8.96. The average Bonchev–Trinajstić information content (AvgIpc) is 2.66. The Morgan fingerprint density at radius 2 is 2.04 bits per heavy atom. The molecular weight excluding hydrogens is 348 g/mol. The maximum atomic E-state index is 5.74. The van der Waals surface area contributed by atoms with Crippen LogP contribution in [0.1, 0.15) is 24.1 Å². The number of anilines is 1. The van der Waals surface area contributed by atoms with Crippen LogP contribution in [-0.4, -0.2) is 39.5 Å². The lowest BCUT2D eigenvalue weighted by Gasteiger charge is -2.38. The fourth-order valence-corrected chi connectivity index (χ4v) is 3.31. The second-order valence-electron chi connectivity index (χ2n) is 6.67. The van der Waals surface area contributed by atoms with E-state index in [4.69, 9.17) is 9.47 Å². The summed E-state index contributed by atoms with van der Waals surface area (Å²) >= 11 is 0. The predicted octanol–water partition coefficient (Wildman–Crippen LogP) is 3.98. The Hall–Kier alpha value is -1.75. The molecule has 0 saturated carbocycles. The monoisotopic (exact) mass is 376 g/mol. The summed E-state index contributed by atoms with van der Waals surface area (Å²) in [4.78, 5) is 2.46. The van der Waals surface area contributed by atoms with Crippen molar-refractivity contribution >= 4 is 18.1 Å². The SMILES string of the molecule is COc1cccc([C@@H](C)NCC2COCCN2c2cccc(C)c2)c1.Cl. The minimum absolute atomic E-state index is 0. The Kier molecular flexibility index (Phi) is 7.76. The molecule has 1 N–H and O–H groups in total. The van der Waals surface area contributed by atoms with Crippen LogP contribution in [0.5, 0.6) is 5.75 Å². The van der Waals surface area contributed by atoms with Crippen molar-refractivity contribution in [2.24, 2.45) is 0 Å². The van der Waals surface area contributed by atoms with Crippen molar-refractivity contribution in [3.05, 3.63) is 59.7 Å². The van der Waals surface area contributed by atoms with Crippen molar-refractivity contribution in [2.45, 2.75) is 25.9 Å². The number of morpholine rings is 1. The van der Waals surface area contributed by atoms with Crippen LogP contribution < -0.4 is 15.0 Å². The lowest BCUT2D eigenvalue weighted by Crippen LogP contribution is -2.50. The van der Waals surface area contributed by atoms with E-state index in [1.807, 2.05) is 12.1 Å². The van der Waals surface area contributed by atoms with Gasteiger partial charge in [0.2, 0.25) is 0 Å². The summed E-state index contributed by atoms with van der Waals surface area (Å²) in [6, 6.07) is 17.6. The first kappa shape index (κ1) is 20.6. The molecule has 2 atom stereocenters. The van der Waals surface area contributed by atoms with Crippen LogP contribution in [0.3, 0.4) is 0 Å². The van der Waals surface area contributed by atoms with E-state index in [1.165, 1.54) is 16.8 Å². The van der Waals surface area contributed by atoms with Gasteiger partial charge in [0.25, 0.3) is 0 Å². The highest BCUT2D eigenvalue weighted by atomic mass is 35.5. The Morgan fingerprint density at radius 1 is 1.23 bits per heavy atom. The molecule has 1 aliphatic rings. The van der Waals surface area contributed by atoms with Crippen molar-refractivity contribution < 1.29 is 9.47 Å². The van der Waals surface area contributed by atoms with Crippen molar-refractivity contribution in [3.63, 3.8) is 0 Å². The van der Waals surface area contributed by atoms with Gasteiger partial charge in [0.15, 0.2) is 0 Å². The smallest absolute Gasteiger partial charge is 0.119 e. The van der Waals surface area contributed by atoms with E-state index < -0.39 is 0 Å². The summed E-state index contributed by atoms with van der Waals surface area (Å²) in [5.41, 5.74) is 3.81. The van der Waals surface area contributed by atoms with E-state index in [2.05, 4.69) is 60.5 Å². The van der Waals surface area contributed by atoms with E-state index >= 15 is 0 Å². The highest BCUT2D eigenvalue weighted by Gasteiger charge is 2.23. The Balaban J connectivity index is 0.00000243. The maximum absolute atomic E-state index is 5.74. The summed E-state index contributed by atoms with van der Waals surface area (Å²) in [6.07, 6.45) is 0. The van der Waals surface area contributed by atoms with Gasteiger partial charge in [-0.3, -0.25) is 0 Å². The standard InChI is InChI=1S/C21H28N2O2.ClH/c1-16-6-4-8-19(12-16)23-10-11-25-15-20(23)14-22-17(2)18-7-5-9-21(13-18)24-3;/h4-9,12-13,17,20,22H,10-11,14-15H2,1-3H3;1H/t17-,20?;/m1./s1. The molecule has 0 aromatic heterocycles. The second-order valence-corrected chi connectivity index (χ2v) is 6.67. The molecule has 0 bridgehead atoms. The number of nitrogens with one attached hydrogen (secondary N) is 1. The lowest BCUT2D eigenvalue weighted by atomic mass is 10.1. The summed E-state index contributed by atoms with van der Waals surface area (Å²) in [7, 11) is 1.70. The molecule has 142 valence electrons. The lowest BCUT2D eigenvalue weighted by molar-refractivity contribution is 0.0930. The van der Waals surface area contributed by atoms with Gasteiger partial charge in [-0.25, -0.2) is 0 Å². The molecule has 2 aromatic carbocycles. The summed E-state index contributed by atoms with van der Waals surface area (Å²) in [6.45, 7) is 7.69. The molecule has 2 aromatic rings. The molecule has 0 radical (unpaired) electrons. The second kappa shape index (κ2) is 9.81. The number of rotatable bonds is 6. The van der Waals surface area contributed by atoms with Crippen molar-refractivity contribution in [3.8, 4) is 5.75 Å². The van der Waals surface area contributed by atoms with Crippen molar-refractivity contribution in [2.75, 3.05) is 38.3 Å². The third-order valence-corrected chi connectivity index (χ3v) is 4.81. The number of hydrogen-bond acceptors (Lipinski definition) is 4. The molecule has 1 aliphatic heterocycles. The van der Waals surface area contributed by atoms with Gasteiger partial charge < -0.3 is 19.7 Å². The van der Waals surface area contributed by atoms with Gasteiger partial charge in [-0.1, -0.05) is 24.3 Å². The van der Waals surface area contributed by atoms with Crippen LogP contribution in [0.25, 0.3) is 0 Å². The average molecular weight is 377 g/mol. The van der Waals surface area contributed by atoms with E-state index in [0.29, 0.717) is 6.04 Å². The van der Waals surface area contributed by atoms with Gasteiger partial charge in [0.05, 0.1) is 26.4 Å². The number of aryl methyl sites for hydroxylation is 1. The normalized spacial score (nSPS) is 18.1. The molecular formula is C21H29ClN2O2. The van der Waals surface area contributed by atoms with Crippen molar-refractivity contribution in [1.82, 2.24) is 5.32 Å². The molecule has 1 saturated heterocycles. The Bertz CT molecular complexity index is 695. The van der Waals surface area contributed by atoms with E-state index in [1.54, 1.807) is 7.11 Å². The molecule has 1 fully saturated rings. The van der Waals surface area contributed by atoms with Gasteiger partial charge >= 0.3 is 0 Å². The molecule has 4 nitrogen and oxygen atoms in total. The Morgan fingerprint density at radius 3 is 2.81 bits per heavy atom. The van der Waals surface area contributed by atoms with Gasteiger partial charge in [-0.15, -0.1) is 12.4 Å². The quantitative estimate of drug-likeness (QED) is 0.826. The van der Waals surface area contributed by atoms with Crippen LogP contribution in [-0.2, 0) is 4.74 Å². The molecule has 5 heteroatoms. The molecule has 3 rings (SSSR count). The van der Waals surface area contributed by atoms with Crippen LogP contribution >= 0.6 is 12.4 Å². The number of ether oxygens (including phenoxy) is 2. The number of methoxy groups -OCH3 is 1. The predicted molar refractivity (Wildman–Crippen MR) is 110 cm³/mol. The zero-order chi connectivity index (χ0) is 17.6. The molecule has 0 amide bonds. The van der Waals surface area contributed by atoms with Gasteiger partial charge in [-0.05, 0) is 49.2 Å². The topological polar surface area (TPSA) is 33.7 Å². The van der Waals surface area contributed by atoms with Crippen LogP contribution in [0.2, 0.25) is 0 Å². The largest absolute Gasteiger partial charge is 0.497 e. The summed E-state index contributed by atoms with van der Waals surface area (Å²) in [5, 5.41) is 3.66. The number of hydrogen-bond donors (Lipinski definition) is 1. The number of halogens is 1. The van der Waals surface area contributed by atoms with Crippen LogP contribution in [0.4, 0.5) is 5.69 Å². The van der Waals surface area contributed by atoms with Crippen molar-refractivity contribution in [1.29, 1.82) is 0 Å². The number of benzene rings is 2. The van der Waals surface area contributed by atoms with Gasteiger partial charge in [-0.2, -0.15) is 0 Å². The van der Waals surface area contributed by atoms with Gasteiger partial charge in [0.1, 0.15) is 5.75 Å². The maximum Gasteiger partial charge on any atom is 0.119 e. The highest BCUT2D eigenvalue weighted by molar-refractivity contribution is 5.85. The van der Waals surface area contributed by atoms with E-state index in [0.717, 1.165) is 32.1 Å². The molecule has 1 heterocycles. The first-order chi connectivity index (χ1) is 12.2. The van der Waals surface area contributed by atoms with E-state index in [-0.39, 0.29) is 18.4 Å². The van der Waals surface area contributed by atoms with Crippen LogP contribution in [0.15, 0.2) is 48.5 Å². The molecule has 0 aliphatic carbocycles. The summed E-state index contributed by atoms with van der Waals surface area (Å²) in [5.74, 6) is 0.897. The molecule has 1 unspecified atom stereocenters. The fraction of sp³-hybridized carbons (Fsp3) is 0.429. The summed E-state index contributed by atoms with van der Waals surface area (Å²) < 4.78 is 11.1. The highest BCUT2D eigenvalue weighted by Crippen LogP contribution is 2.22. The minimum Gasteiger partial charge on any atom is -0.497 e. The third-order valence-electron chi connectivity index (χ3n) is 4.81. The fourth-order valence-electron chi connectivity index (χ4n) is 3.31. The zero-order valence-corrected chi connectivity index (χ0v) is 16.6. The van der Waals surface area contributed by atoms with E-state index in [9.17, 15) is 0 Å². The third kappa shape index (κ3) is 5.13. The zero-order valence-electron chi connectivity index (χ0n) is 15.8. The number of nitrogens with zero attached hydrogens (tertiary/aromatic N) is 1. The van der Waals surface area contributed by atoms with Gasteiger partial charge in [0, 0.05) is 24.8 Å². The molecule has 0 spiro atoms.